The number of pyridine rings is 1. The van der Waals surface area contributed by atoms with E-state index in [-0.39, 0.29) is 16.7 Å². The second-order valence-corrected chi connectivity index (χ2v) is 8.96. The lowest BCUT2D eigenvalue weighted by atomic mass is 9.97. The number of piperidine rings is 1. The van der Waals surface area contributed by atoms with Crippen LogP contribution in [0.25, 0.3) is 0 Å². The molecule has 8 heteroatoms. The number of benzene rings is 1. The third kappa shape index (κ3) is 5.33. The quantitative estimate of drug-likeness (QED) is 0.748. The van der Waals surface area contributed by atoms with Gasteiger partial charge in [-0.05, 0) is 68.5 Å². The summed E-state index contributed by atoms with van der Waals surface area (Å²) in [5.41, 5.74) is 1.37. The smallest absolute Gasteiger partial charge is 0.255 e. The first-order valence-electron chi connectivity index (χ1n) is 9.83. The van der Waals surface area contributed by atoms with E-state index in [2.05, 4.69) is 9.71 Å². The van der Waals surface area contributed by atoms with Crippen LogP contribution < -0.4 is 9.46 Å². The largest absolute Gasteiger partial charge is 0.494 e. The molecule has 2 aromatic rings. The Morgan fingerprint density at radius 2 is 2.03 bits per heavy atom. The van der Waals surface area contributed by atoms with Gasteiger partial charge in [-0.1, -0.05) is 0 Å². The maximum absolute atomic E-state index is 12.6. The number of hydrogen-bond donors (Lipinski definition) is 1. The first-order valence-corrected chi connectivity index (χ1v) is 11.3. The fourth-order valence-corrected chi connectivity index (χ4v) is 4.63. The second kappa shape index (κ2) is 9.37. The van der Waals surface area contributed by atoms with E-state index in [1.54, 1.807) is 47.6 Å². The van der Waals surface area contributed by atoms with E-state index in [9.17, 15) is 13.2 Å². The summed E-state index contributed by atoms with van der Waals surface area (Å²) < 4.78 is 33.4. The van der Waals surface area contributed by atoms with Gasteiger partial charge >= 0.3 is 0 Å². The average Bonchev–Trinajstić information content (AvgIpc) is 2.74. The summed E-state index contributed by atoms with van der Waals surface area (Å²) in [5.74, 6) is 0.866. The van der Waals surface area contributed by atoms with Crippen LogP contribution in [-0.4, -0.2) is 50.5 Å². The molecule has 0 bridgehead atoms. The van der Waals surface area contributed by atoms with E-state index in [0.717, 1.165) is 18.4 Å². The molecule has 1 aliphatic rings. The van der Waals surface area contributed by atoms with Gasteiger partial charge in [-0.3, -0.25) is 9.78 Å². The number of hydrogen-bond acceptors (Lipinski definition) is 5. The highest BCUT2D eigenvalue weighted by molar-refractivity contribution is 7.89. The van der Waals surface area contributed by atoms with Gasteiger partial charge in [0.05, 0.1) is 17.1 Å². The van der Waals surface area contributed by atoms with Gasteiger partial charge in [-0.25, -0.2) is 13.1 Å². The summed E-state index contributed by atoms with van der Waals surface area (Å²) in [6, 6.07) is 8.39. The fourth-order valence-electron chi connectivity index (χ4n) is 3.43. The molecule has 1 aromatic heterocycles. The van der Waals surface area contributed by atoms with Crippen LogP contribution in [0.3, 0.4) is 0 Å². The molecule has 0 radical (unpaired) electrons. The normalized spacial score (nSPS) is 15.3. The Balaban J connectivity index is 1.53. The molecule has 3 rings (SSSR count). The molecule has 156 valence electrons. The van der Waals surface area contributed by atoms with Gasteiger partial charge in [0.15, 0.2) is 0 Å². The third-order valence-corrected chi connectivity index (χ3v) is 6.55. The highest BCUT2D eigenvalue weighted by Gasteiger charge is 2.25. The van der Waals surface area contributed by atoms with Gasteiger partial charge in [0.2, 0.25) is 10.0 Å². The van der Waals surface area contributed by atoms with Crippen LogP contribution in [0.5, 0.6) is 5.75 Å². The lowest BCUT2D eigenvalue weighted by Gasteiger charge is -2.32. The number of nitrogens with zero attached hydrogens (tertiary/aromatic N) is 2. The van der Waals surface area contributed by atoms with Crippen LogP contribution >= 0.6 is 0 Å². The van der Waals surface area contributed by atoms with Gasteiger partial charge < -0.3 is 9.64 Å². The first-order chi connectivity index (χ1) is 13.9. The zero-order valence-corrected chi connectivity index (χ0v) is 17.6. The minimum Gasteiger partial charge on any atom is -0.494 e. The molecule has 0 atom stereocenters. The monoisotopic (exact) mass is 417 g/mol. The summed E-state index contributed by atoms with van der Waals surface area (Å²) in [6.07, 6.45) is 4.73. The molecule has 1 aromatic carbocycles. The number of carbonyl (C=O) groups is 1. The molecule has 29 heavy (non-hydrogen) atoms. The van der Waals surface area contributed by atoms with Crippen molar-refractivity contribution < 1.29 is 17.9 Å². The number of ether oxygens (including phenoxy) is 1. The van der Waals surface area contributed by atoms with E-state index in [0.29, 0.717) is 37.6 Å². The van der Waals surface area contributed by atoms with Gasteiger partial charge in [0.25, 0.3) is 5.91 Å². The Hall–Kier alpha value is -2.45. The van der Waals surface area contributed by atoms with Crippen molar-refractivity contribution in [3.63, 3.8) is 0 Å². The Kier molecular flexibility index (Phi) is 6.87. The molecule has 0 unspecified atom stereocenters. The highest BCUT2D eigenvalue weighted by Crippen LogP contribution is 2.23. The van der Waals surface area contributed by atoms with E-state index < -0.39 is 10.0 Å². The third-order valence-electron chi connectivity index (χ3n) is 5.13. The van der Waals surface area contributed by atoms with Crippen molar-refractivity contribution in [3.05, 3.63) is 53.9 Å². The predicted molar refractivity (Wildman–Crippen MR) is 110 cm³/mol. The number of aromatic nitrogens is 1. The van der Waals surface area contributed by atoms with Gasteiger partial charge in [-0.2, -0.15) is 0 Å². The fraction of sp³-hybridized carbons (Fsp3) is 0.429. The SMILES string of the molecule is CCOc1ccc(S(=O)(=O)NCC2CCN(C(=O)c3cccnc3)CC2)cc1C. The molecule has 0 spiro atoms. The predicted octanol–water partition coefficient (Wildman–Crippen LogP) is 2.62. The summed E-state index contributed by atoms with van der Waals surface area (Å²) >= 11 is 0. The Bertz CT molecular complexity index is 940. The summed E-state index contributed by atoms with van der Waals surface area (Å²) in [4.78, 5) is 18.5. The van der Waals surface area contributed by atoms with Gasteiger partial charge in [-0.15, -0.1) is 0 Å². The minimum absolute atomic E-state index is 0.0259. The van der Waals surface area contributed by atoms with Crippen molar-refractivity contribution in [1.29, 1.82) is 0 Å². The molecule has 1 N–H and O–H groups in total. The summed E-state index contributed by atoms with van der Waals surface area (Å²) in [7, 11) is -3.58. The van der Waals surface area contributed by atoms with Gasteiger partial charge in [0.1, 0.15) is 5.75 Å². The van der Waals surface area contributed by atoms with Crippen molar-refractivity contribution in [1.82, 2.24) is 14.6 Å². The Morgan fingerprint density at radius 3 is 2.66 bits per heavy atom. The summed E-state index contributed by atoms with van der Waals surface area (Å²) in [5, 5.41) is 0. The highest BCUT2D eigenvalue weighted by atomic mass is 32.2. The van der Waals surface area contributed by atoms with E-state index >= 15 is 0 Å². The molecule has 1 fully saturated rings. The molecular weight excluding hydrogens is 390 g/mol. The van der Waals surface area contributed by atoms with E-state index in [1.165, 1.54) is 0 Å². The number of aryl methyl sites for hydroxylation is 1. The average molecular weight is 418 g/mol. The van der Waals surface area contributed by atoms with Crippen molar-refractivity contribution in [2.45, 2.75) is 31.6 Å². The number of carbonyl (C=O) groups excluding carboxylic acids is 1. The van der Waals surface area contributed by atoms with Crippen molar-refractivity contribution >= 4 is 15.9 Å². The lowest BCUT2D eigenvalue weighted by molar-refractivity contribution is 0.0691. The minimum atomic E-state index is -3.58. The zero-order chi connectivity index (χ0) is 20.9. The van der Waals surface area contributed by atoms with E-state index in [1.807, 2.05) is 13.8 Å². The van der Waals surface area contributed by atoms with Crippen LogP contribution in [0, 0.1) is 12.8 Å². The summed E-state index contributed by atoms with van der Waals surface area (Å²) in [6.45, 7) is 5.85. The number of nitrogens with one attached hydrogen (secondary N) is 1. The molecule has 7 nitrogen and oxygen atoms in total. The molecule has 0 saturated carbocycles. The van der Waals surface area contributed by atoms with Crippen LogP contribution in [-0.2, 0) is 10.0 Å². The second-order valence-electron chi connectivity index (χ2n) is 7.19. The van der Waals surface area contributed by atoms with Crippen LogP contribution in [0.2, 0.25) is 0 Å². The Morgan fingerprint density at radius 1 is 1.28 bits per heavy atom. The van der Waals surface area contributed by atoms with Gasteiger partial charge in [0, 0.05) is 32.0 Å². The molecule has 1 aliphatic heterocycles. The van der Waals surface area contributed by atoms with Crippen molar-refractivity contribution in [2.24, 2.45) is 5.92 Å². The number of likely N-dealkylation sites (tertiary alicyclic amines) is 1. The molecule has 2 heterocycles. The molecule has 1 amide bonds. The molecule has 1 saturated heterocycles. The Labute approximate surface area is 172 Å². The van der Waals surface area contributed by atoms with Crippen molar-refractivity contribution in [3.8, 4) is 5.75 Å². The van der Waals surface area contributed by atoms with Crippen LogP contribution in [0.1, 0.15) is 35.7 Å². The lowest BCUT2D eigenvalue weighted by Crippen LogP contribution is -2.41. The van der Waals surface area contributed by atoms with E-state index in [4.69, 9.17) is 4.74 Å². The number of rotatable bonds is 7. The topological polar surface area (TPSA) is 88.6 Å². The molecule has 0 aliphatic carbocycles. The maximum Gasteiger partial charge on any atom is 0.255 e. The first kappa shape index (κ1) is 21.3. The van der Waals surface area contributed by atoms with Crippen LogP contribution in [0.15, 0.2) is 47.6 Å². The number of amides is 1. The maximum atomic E-state index is 12.6. The standard InChI is InChI=1S/C21H27N3O4S/c1-3-28-20-7-6-19(13-16(20)2)29(26,27)23-14-17-8-11-24(12-9-17)21(25)18-5-4-10-22-15-18/h4-7,10,13,15,17,23H,3,8-9,11-12,14H2,1-2H3. The van der Waals surface area contributed by atoms with Crippen LogP contribution in [0.4, 0.5) is 0 Å². The van der Waals surface area contributed by atoms with Crippen molar-refractivity contribution in [2.75, 3.05) is 26.2 Å². The zero-order valence-electron chi connectivity index (χ0n) is 16.8. The number of sulfonamides is 1. The molecular formula is C21H27N3O4S.